The van der Waals surface area contributed by atoms with Crippen molar-refractivity contribution < 1.29 is 36.4 Å². The van der Waals surface area contributed by atoms with Gasteiger partial charge >= 0.3 is 0 Å². The lowest BCUT2D eigenvalue weighted by Gasteiger charge is -2.28. The molecule has 5 aromatic rings. The van der Waals surface area contributed by atoms with Crippen LogP contribution in [0.3, 0.4) is 0 Å². The number of amides is 1. The number of aromatic nitrogens is 3. The number of pyridine rings is 1. The number of nitrogens with zero attached hydrogens (tertiary/aromatic N) is 5. The molecule has 1 saturated heterocycles. The number of halogens is 3. The fourth-order valence-electron chi connectivity index (χ4n) is 6.65. The lowest BCUT2D eigenvalue weighted by atomic mass is 9.87. The number of ether oxygens (including phenoxy) is 3. The van der Waals surface area contributed by atoms with Crippen molar-refractivity contribution >= 4 is 26.7 Å². The molecule has 2 aliphatic heterocycles. The first-order chi connectivity index (χ1) is 25.0. The van der Waals surface area contributed by atoms with Gasteiger partial charge in [-0.05, 0) is 48.0 Å². The van der Waals surface area contributed by atoms with E-state index in [0.717, 1.165) is 18.2 Å². The molecule has 0 saturated carbocycles. The number of nitriles is 1. The van der Waals surface area contributed by atoms with Crippen LogP contribution in [0.5, 0.6) is 11.5 Å². The van der Waals surface area contributed by atoms with Crippen molar-refractivity contribution in [2.75, 3.05) is 19.5 Å². The molecule has 10 nitrogen and oxygen atoms in total. The molecule has 1 fully saturated rings. The zero-order valence-corrected chi connectivity index (χ0v) is 30.7. The number of benzene rings is 3. The number of fused-ring (bicyclic) bond motifs is 2. The Bertz CT molecular complexity index is 2480. The van der Waals surface area contributed by atoms with E-state index in [1.54, 1.807) is 55.7 Å². The van der Waals surface area contributed by atoms with Crippen LogP contribution in [0.15, 0.2) is 70.1 Å². The van der Waals surface area contributed by atoms with Gasteiger partial charge in [0.1, 0.15) is 34.7 Å². The number of carbonyl (C=O) groups is 1. The van der Waals surface area contributed by atoms with Crippen molar-refractivity contribution in [1.82, 2.24) is 14.5 Å². The first-order valence-corrected chi connectivity index (χ1v) is 18.8. The van der Waals surface area contributed by atoms with Gasteiger partial charge in [-0.1, -0.05) is 39.8 Å². The van der Waals surface area contributed by atoms with E-state index in [4.69, 9.17) is 19.5 Å². The predicted octanol–water partition coefficient (Wildman–Crippen LogP) is 7.86. The Morgan fingerprint density at radius 1 is 1.06 bits per heavy atom. The van der Waals surface area contributed by atoms with Gasteiger partial charge in [-0.15, -0.1) is 0 Å². The second-order valence-electron chi connectivity index (χ2n) is 14.5. The van der Waals surface area contributed by atoms with Gasteiger partial charge in [0.05, 0.1) is 45.0 Å². The van der Waals surface area contributed by atoms with Crippen molar-refractivity contribution in [1.29, 1.82) is 5.26 Å². The molecule has 4 heterocycles. The summed E-state index contributed by atoms with van der Waals surface area (Å²) in [7, 11) is -3.34. The Balaban J connectivity index is 1.29. The maximum Gasteiger partial charge on any atom is 0.292 e. The van der Waals surface area contributed by atoms with E-state index in [1.807, 2.05) is 19.9 Å². The normalized spacial score (nSPS) is 20.1. The molecule has 0 N–H and O–H groups in total. The molecule has 14 heteroatoms. The summed E-state index contributed by atoms with van der Waals surface area (Å²) in [5.41, 5.74) is 0.631. The van der Waals surface area contributed by atoms with Crippen molar-refractivity contribution in [3.63, 3.8) is 0 Å². The van der Waals surface area contributed by atoms with E-state index in [9.17, 15) is 9.00 Å². The fourth-order valence-corrected chi connectivity index (χ4v) is 7.96. The molecule has 1 amide bonds. The highest BCUT2D eigenvalue weighted by Gasteiger charge is 2.42. The molecule has 0 aliphatic carbocycles. The van der Waals surface area contributed by atoms with Gasteiger partial charge in [-0.2, -0.15) is 9.62 Å². The SMILES string of the molecule is CC(C)C(=O)N=[S@](C)(=O)c1cc(F)c2nc(Cc3cc(F)c(-c4cccc5c4O[C@@](C)(c4ccc(C#N)cn4)O5)cc3F)n([C@@H]3COCC3(C)C)c2c1. The van der Waals surface area contributed by atoms with Crippen LogP contribution in [-0.2, 0) is 31.5 Å². The number of hydrogen-bond donors (Lipinski definition) is 0. The topological polar surface area (TPSA) is 129 Å². The van der Waals surface area contributed by atoms with E-state index < -0.39 is 56.2 Å². The van der Waals surface area contributed by atoms with Gasteiger partial charge in [-0.25, -0.2) is 22.4 Å². The highest BCUT2D eigenvalue weighted by atomic mass is 32.2. The summed E-state index contributed by atoms with van der Waals surface area (Å²) in [5, 5.41) is 9.15. The lowest BCUT2D eigenvalue weighted by Crippen LogP contribution is -2.32. The van der Waals surface area contributed by atoms with Gasteiger partial charge in [0.2, 0.25) is 0 Å². The van der Waals surface area contributed by atoms with E-state index in [-0.39, 0.29) is 57.2 Å². The summed E-state index contributed by atoms with van der Waals surface area (Å²) in [4.78, 5) is 21.3. The number of carbonyl (C=O) groups excluding carboxylic acids is 1. The molecular formula is C39H36F3N5O5S. The minimum atomic E-state index is -3.34. The Morgan fingerprint density at radius 3 is 2.49 bits per heavy atom. The largest absolute Gasteiger partial charge is 0.443 e. The number of imidazole rings is 1. The molecule has 0 spiro atoms. The average molecular weight is 744 g/mol. The fraction of sp³-hybridized carbons (Fsp3) is 0.333. The van der Waals surface area contributed by atoms with Gasteiger partial charge in [-0.3, -0.25) is 9.78 Å². The van der Waals surface area contributed by atoms with Gasteiger partial charge in [0.25, 0.3) is 11.7 Å². The smallest absolute Gasteiger partial charge is 0.292 e. The zero-order chi connectivity index (χ0) is 38.0. The van der Waals surface area contributed by atoms with Crippen LogP contribution >= 0.6 is 0 Å². The highest BCUT2D eigenvalue weighted by Crippen LogP contribution is 2.49. The monoisotopic (exact) mass is 743 g/mol. The van der Waals surface area contributed by atoms with E-state index in [0.29, 0.717) is 23.6 Å². The summed E-state index contributed by atoms with van der Waals surface area (Å²) in [6.07, 6.45) is 2.45. The molecule has 2 aromatic heterocycles. The van der Waals surface area contributed by atoms with E-state index in [2.05, 4.69) is 14.3 Å². The Morgan fingerprint density at radius 2 is 1.83 bits per heavy atom. The number of hydrogen-bond acceptors (Lipinski definition) is 8. The molecule has 274 valence electrons. The molecule has 0 radical (unpaired) electrons. The summed E-state index contributed by atoms with van der Waals surface area (Å²) in [5.74, 6) is -4.01. The van der Waals surface area contributed by atoms with Crippen LogP contribution in [0.1, 0.15) is 63.3 Å². The third-order valence-corrected chi connectivity index (χ3v) is 11.3. The van der Waals surface area contributed by atoms with Gasteiger partial charge in [0, 0.05) is 48.3 Å². The van der Waals surface area contributed by atoms with Crippen LogP contribution in [-0.4, -0.2) is 44.1 Å². The maximum atomic E-state index is 16.2. The number of para-hydroxylation sites is 1. The lowest BCUT2D eigenvalue weighted by molar-refractivity contribution is -0.120. The van der Waals surface area contributed by atoms with Crippen molar-refractivity contribution in [3.05, 3.63) is 101 Å². The summed E-state index contributed by atoms with van der Waals surface area (Å²) < 4.78 is 85.6. The zero-order valence-electron chi connectivity index (χ0n) is 29.9. The van der Waals surface area contributed by atoms with Gasteiger partial charge in [0.15, 0.2) is 17.3 Å². The second-order valence-corrected chi connectivity index (χ2v) is 16.8. The predicted molar refractivity (Wildman–Crippen MR) is 190 cm³/mol. The number of rotatable bonds is 7. The van der Waals surface area contributed by atoms with Crippen LogP contribution in [0.2, 0.25) is 0 Å². The Labute approximate surface area is 304 Å². The quantitative estimate of drug-likeness (QED) is 0.165. The van der Waals surface area contributed by atoms with Crippen molar-refractivity contribution in [2.24, 2.45) is 15.7 Å². The van der Waals surface area contributed by atoms with Crippen LogP contribution in [0.4, 0.5) is 13.2 Å². The van der Waals surface area contributed by atoms with Crippen molar-refractivity contribution in [3.8, 4) is 28.7 Å². The first-order valence-electron chi connectivity index (χ1n) is 16.9. The van der Waals surface area contributed by atoms with E-state index >= 15 is 13.2 Å². The minimum absolute atomic E-state index is 0.00940. The molecule has 3 atom stereocenters. The third kappa shape index (κ3) is 6.42. The molecule has 53 heavy (non-hydrogen) atoms. The summed E-state index contributed by atoms with van der Waals surface area (Å²) in [6.45, 7) is 9.46. The van der Waals surface area contributed by atoms with Crippen molar-refractivity contribution in [2.45, 2.75) is 57.8 Å². The molecule has 0 bridgehead atoms. The maximum absolute atomic E-state index is 16.2. The molecule has 0 unspecified atom stereocenters. The van der Waals surface area contributed by atoms with Gasteiger partial charge < -0.3 is 18.8 Å². The van der Waals surface area contributed by atoms with E-state index in [1.165, 1.54) is 18.5 Å². The molecule has 3 aromatic carbocycles. The summed E-state index contributed by atoms with van der Waals surface area (Å²) in [6, 6.07) is 14.4. The Kier molecular flexibility index (Phi) is 8.86. The van der Waals surface area contributed by atoms with Crippen LogP contribution in [0.25, 0.3) is 22.2 Å². The van der Waals surface area contributed by atoms with Crippen LogP contribution in [0, 0.1) is 40.1 Å². The third-order valence-electron chi connectivity index (χ3n) is 9.67. The minimum Gasteiger partial charge on any atom is -0.443 e. The Hall–Kier alpha value is -5.26. The first kappa shape index (κ1) is 36.1. The second kappa shape index (κ2) is 13.0. The molecule has 2 aliphatic rings. The average Bonchev–Trinajstić information content (AvgIpc) is 3.77. The summed E-state index contributed by atoms with van der Waals surface area (Å²) >= 11 is 0. The molecular weight excluding hydrogens is 708 g/mol. The molecule has 7 rings (SSSR count). The highest BCUT2D eigenvalue weighted by molar-refractivity contribution is 7.93. The van der Waals surface area contributed by atoms with Crippen LogP contribution < -0.4 is 9.47 Å². The standard InChI is InChI=1S/C39H36F3N5O5S/c1-21(2)37(48)46-53(6,49)24-14-29(42)35-30(15-24)47(33-19-50-20-38(33,3)4)34(45-35)13-23-12-28(41)26(16-27(23)40)25-8-7-9-31-36(25)52-39(5,51-31)32-11-10-22(17-43)18-44-32/h7-12,14-16,18,21,33H,13,19-20H2,1-6H3/t33-,39+,53-/m1/s1.